The molecule has 1 N–H and O–H groups in total. The minimum Gasteiger partial charge on any atom is -0.456 e. The maximum absolute atomic E-state index is 12.4. The topological polar surface area (TPSA) is 94.7 Å². The third kappa shape index (κ3) is 3.61. The predicted octanol–water partition coefficient (Wildman–Crippen LogP) is 2.10. The third-order valence-electron chi connectivity index (χ3n) is 4.55. The van der Waals surface area contributed by atoms with Gasteiger partial charge in [-0.1, -0.05) is 13.8 Å². The molecule has 3 atom stereocenters. The van der Waals surface area contributed by atoms with Gasteiger partial charge in [0.1, 0.15) is 6.10 Å². The number of carbonyl (C=O) groups excluding carboxylic acids is 3. The van der Waals surface area contributed by atoms with E-state index in [2.05, 4.69) is 18.8 Å². The van der Waals surface area contributed by atoms with Gasteiger partial charge < -0.3 is 19.2 Å². The highest BCUT2D eigenvalue weighted by Crippen LogP contribution is 2.39. The van der Waals surface area contributed by atoms with Crippen molar-refractivity contribution in [2.45, 2.75) is 58.8 Å². The van der Waals surface area contributed by atoms with Crippen LogP contribution in [0.4, 0.5) is 0 Å². The lowest BCUT2D eigenvalue weighted by Gasteiger charge is -2.27. The van der Waals surface area contributed by atoms with Gasteiger partial charge in [-0.15, -0.1) is 0 Å². The average Bonchev–Trinajstić information content (AvgIpc) is 3.01. The van der Waals surface area contributed by atoms with Crippen molar-refractivity contribution in [3.63, 3.8) is 0 Å². The number of fused-ring (bicyclic) bond motifs is 1. The Morgan fingerprint density at radius 3 is 2.52 bits per heavy atom. The summed E-state index contributed by atoms with van der Waals surface area (Å²) in [6.07, 6.45) is -0.767. The molecule has 3 rings (SSSR count). The molecule has 0 radical (unpaired) electrons. The number of hydrogen-bond donors (Lipinski definition) is 1. The van der Waals surface area contributed by atoms with Gasteiger partial charge in [-0.25, -0.2) is 0 Å². The number of aromatic nitrogens is 1. The normalized spacial score (nSPS) is 27.7. The van der Waals surface area contributed by atoms with Crippen LogP contribution in [0.1, 0.15) is 62.0 Å². The summed E-state index contributed by atoms with van der Waals surface area (Å²) in [5.74, 6) is -0.854. The Kier molecular flexibility index (Phi) is 4.45. The Morgan fingerprint density at radius 1 is 1.20 bits per heavy atom. The first-order valence-electron chi connectivity index (χ1n) is 8.37. The molecule has 25 heavy (non-hydrogen) atoms. The van der Waals surface area contributed by atoms with E-state index in [4.69, 9.17) is 14.2 Å². The van der Waals surface area contributed by atoms with Gasteiger partial charge in [-0.05, 0) is 17.9 Å². The minimum atomic E-state index is -0.746. The van der Waals surface area contributed by atoms with Crippen LogP contribution < -0.4 is 0 Å². The Bertz CT molecular complexity index is 719. The van der Waals surface area contributed by atoms with Crippen LogP contribution in [0, 0.1) is 5.41 Å². The summed E-state index contributed by atoms with van der Waals surface area (Å²) >= 11 is 0. The van der Waals surface area contributed by atoms with E-state index >= 15 is 0 Å². The summed E-state index contributed by atoms with van der Waals surface area (Å²) in [6.45, 7) is 6.83. The molecule has 0 aromatic carbocycles. The number of rotatable bonds is 3. The van der Waals surface area contributed by atoms with Crippen LogP contribution in [0.3, 0.4) is 0 Å². The first-order valence-corrected chi connectivity index (χ1v) is 8.37. The molecule has 0 bridgehead atoms. The van der Waals surface area contributed by atoms with Crippen LogP contribution >= 0.6 is 0 Å². The number of aromatic amines is 1. The molecule has 2 heterocycles. The van der Waals surface area contributed by atoms with Gasteiger partial charge in [-0.3, -0.25) is 14.4 Å². The summed E-state index contributed by atoms with van der Waals surface area (Å²) in [6, 6.07) is 1.77. The standard InChI is InChI=1S/C18H23NO6/c1-9(20)24-15-8-23-16(17(15)25-10(2)21)12-5-11-13(19-12)6-18(3,4)7-14(11)22/h5,15-17,19H,6-8H2,1-4H3/t15-,16+,17-/m1/s1. The van der Waals surface area contributed by atoms with E-state index in [1.807, 2.05) is 0 Å². The van der Waals surface area contributed by atoms with Crippen molar-refractivity contribution in [2.75, 3.05) is 6.61 Å². The zero-order chi connectivity index (χ0) is 18.4. The molecule has 1 saturated heterocycles. The van der Waals surface area contributed by atoms with Crippen molar-refractivity contribution in [3.05, 3.63) is 23.0 Å². The van der Waals surface area contributed by atoms with Crippen molar-refractivity contribution in [1.29, 1.82) is 0 Å². The number of ether oxygens (including phenoxy) is 3. The van der Waals surface area contributed by atoms with Crippen LogP contribution in [-0.4, -0.2) is 41.5 Å². The Morgan fingerprint density at radius 2 is 1.88 bits per heavy atom. The van der Waals surface area contributed by atoms with Gasteiger partial charge in [0.15, 0.2) is 18.0 Å². The van der Waals surface area contributed by atoms with Crippen molar-refractivity contribution in [3.8, 4) is 0 Å². The van der Waals surface area contributed by atoms with Crippen molar-refractivity contribution < 1.29 is 28.6 Å². The largest absolute Gasteiger partial charge is 0.456 e. The molecule has 1 aromatic rings. The van der Waals surface area contributed by atoms with E-state index in [-0.39, 0.29) is 17.8 Å². The monoisotopic (exact) mass is 349 g/mol. The van der Waals surface area contributed by atoms with Crippen molar-refractivity contribution >= 4 is 17.7 Å². The maximum atomic E-state index is 12.4. The van der Waals surface area contributed by atoms with E-state index in [1.165, 1.54) is 13.8 Å². The molecule has 2 aliphatic rings. The molecule has 7 nitrogen and oxygen atoms in total. The van der Waals surface area contributed by atoms with Crippen molar-refractivity contribution in [2.24, 2.45) is 5.41 Å². The molecule has 136 valence electrons. The highest BCUT2D eigenvalue weighted by molar-refractivity contribution is 5.99. The molecule has 0 amide bonds. The van der Waals surface area contributed by atoms with Crippen LogP contribution in [0.2, 0.25) is 0 Å². The maximum Gasteiger partial charge on any atom is 0.303 e. The lowest BCUT2D eigenvalue weighted by molar-refractivity contribution is -0.163. The number of carbonyl (C=O) groups is 3. The molecular weight excluding hydrogens is 326 g/mol. The Hall–Kier alpha value is -2.15. The molecule has 0 spiro atoms. The van der Waals surface area contributed by atoms with Crippen LogP contribution in [0.15, 0.2) is 6.07 Å². The summed E-state index contributed by atoms with van der Waals surface area (Å²) < 4.78 is 16.3. The van der Waals surface area contributed by atoms with E-state index < -0.39 is 30.3 Å². The van der Waals surface area contributed by atoms with Gasteiger partial charge in [-0.2, -0.15) is 0 Å². The third-order valence-corrected chi connectivity index (χ3v) is 4.55. The first kappa shape index (κ1) is 17.7. The van der Waals surface area contributed by atoms with E-state index in [9.17, 15) is 14.4 Å². The predicted molar refractivity (Wildman–Crippen MR) is 87.0 cm³/mol. The zero-order valence-electron chi connectivity index (χ0n) is 14.9. The summed E-state index contributed by atoms with van der Waals surface area (Å²) in [5, 5.41) is 0. The lowest BCUT2D eigenvalue weighted by atomic mass is 9.76. The van der Waals surface area contributed by atoms with Gasteiger partial charge in [0.2, 0.25) is 0 Å². The second kappa shape index (κ2) is 6.29. The fourth-order valence-corrected chi connectivity index (χ4v) is 3.63. The molecule has 1 fully saturated rings. The molecule has 1 aliphatic carbocycles. The van der Waals surface area contributed by atoms with Crippen LogP contribution in [0.5, 0.6) is 0 Å². The second-order valence-electron chi connectivity index (χ2n) is 7.53. The smallest absolute Gasteiger partial charge is 0.303 e. The highest BCUT2D eigenvalue weighted by Gasteiger charge is 2.44. The highest BCUT2D eigenvalue weighted by atomic mass is 16.6. The molecule has 1 aliphatic heterocycles. The fraction of sp³-hybridized carbons (Fsp3) is 0.611. The number of ketones is 1. The lowest BCUT2D eigenvalue weighted by Crippen LogP contribution is -2.34. The SMILES string of the molecule is CC(=O)O[C@@H]1[C@H](OC(C)=O)CO[C@H]1c1cc2c([nH]1)CC(C)(C)CC2=O. The summed E-state index contributed by atoms with van der Waals surface area (Å²) in [7, 11) is 0. The number of nitrogens with one attached hydrogen (secondary N) is 1. The molecule has 7 heteroatoms. The van der Waals surface area contributed by atoms with E-state index in [0.717, 1.165) is 12.1 Å². The second-order valence-corrected chi connectivity index (χ2v) is 7.53. The fourth-order valence-electron chi connectivity index (χ4n) is 3.63. The summed E-state index contributed by atoms with van der Waals surface area (Å²) in [4.78, 5) is 38.4. The quantitative estimate of drug-likeness (QED) is 0.840. The molecule has 0 unspecified atom stereocenters. The number of esters is 2. The average molecular weight is 349 g/mol. The molecule has 0 saturated carbocycles. The van der Waals surface area contributed by atoms with Gasteiger partial charge in [0.25, 0.3) is 0 Å². The summed E-state index contributed by atoms with van der Waals surface area (Å²) in [5.41, 5.74) is 2.10. The first-order chi connectivity index (χ1) is 11.7. The zero-order valence-corrected chi connectivity index (χ0v) is 14.9. The minimum absolute atomic E-state index is 0.0901. The number of hydrogen-bond acceptors (Lipinski definition) is 6. The van der Waals surface area contributed by atoms with Gasteiger partial charge in [0.05, 0.1) is 6.61 Å². The number of H-pyrrole nitrogens is 1. The van der Waals surface area contributed by atoms with Crippen LogP contribution in [-0.2, 0) is 30.2 Å². The van der Waals surface area contributed by atoms with Gasteiger partial charge in [0, 0.05) is 37.2 Å². The van der Waals surface area contributed by atoms with Crippen LogP contribution in [0.25, 0.3) is 0 Å². The van der Waals surface area contributed by atoms with E-state index in [0.29, 0.717) is 17.7 Å². The van der Waals surface area contributed by atoms with Gasteiger partial charge >= 0.3 is 11.9 Å². The molecule has 1 aromatic heterocycles. The van der Waals surface area contributed by atoms with E-state index in [1.54, 1.807) is 6.07 Å². The van der Waals surface area contributed by atoms with Crippen molar-refractivity contribution in [1.82, 2.24) is 4.98 Å². The molecular formula is C18H23NO6. The Balaban J connectivity index is 1.89. The Labute approximate surface area is 146 Å². The number of Topliss-reactive ketones (excluding diaryl/α,β-unsaturated/α-hetero) is 1.